The van der Waals surface area contributed by atoms with E-state index in [1.54, 1.807) is 6.26 Å². The molecule has 0 aliphatic heterocycles. The molecule has 3 heteroatoms. The monoisotopic (exact) mass is 224 g/mol. The van der Waals surface area contributed by atoms with E-state index in [-0.39, 0.29) is 5.54 Å². The van der Waals surface area contributed by atoms with E-state index in [9.17, 15) is 0 Å². The molecule has 92 valence electrons. The fourth-order valence-corrected chi connectivity index (χ4v) is 1.82. The summed E-state index contributed by atoms with van der Waals surface area (Å²) in [5, 5.41) is 0. The fraction of sp³-hybridized carbons (Fsp3) is 0.692. The molecule has 1 heterocycles. The molecular formula is C13H24N2O. The van der Waals surface area contributed by atoms with E-state index in [2.05, 4.69) is 25.7 Å². The molecule has 0 fully saturated rings. The van der Waals surface area contributed by atoms with Crippen LogP contribution in [0.4, 0.5) is 0 Å². The largest absolute Gasteiger partial charge is 0.468 e. The summed E-state index contributed by atoms with van der Waals surface area (Å²) < 4.78 is 5.37. The van der Waals surface area contributed by atoms with Crippen molar-refractivity contribution in [1.82, 2.24) is 4.90 Å². The number of rotatable bonds is 7. The van der Waals surface area contributed by atoms with Gasteiger partial charge in [-0.3, -0.25) is 4.90 Å². The van der Waals surface area contributed by atoms with E-state index in [1.165, 1.54) is 0 Å². The average Bonchev–Trinajstić information content (AvgIpc) is 2.80. The molecule has 0 radical (unpaired) electrons. The SMILES string of the molecule is CCN(Cc1ccco1)CC(N)(CC)CC. The number of hydrogen-bond donors (Lipinski definition) is 1. The lowest BCUT2D eigenvalue weighted by molar-refractivity contribution is 0.188. The molecule has 0 spiro atoms. The number of furan rings is 1. The molecule has 1 aromatic heterocycles. The van der Waals surface area contributed by atoms with Gasteiger partial charge in [0.1, 0.15) is 5.76 Å². The van der Waals surface area contributed by atoms with Crippen molar-refractivity contribution in [3.63, 3.8) is 0 Å². The number of hydrogen-bond acceptors (Lipinski definition) is 3. The molecule has 1 aromatic rings. The summed E-state index contributed by atoms with van der Waals surface area (Å²) in [6.07, 6.45) is 3.74. The van der Waals surface area contributed by atoms with Gasteiger partial charge in [-0.05, 0) is 31.5 Å². The Kier molecular flexibility index (Phi) is 5.03. The minimum absolute atomic E-state index is 0.0669. The van der Waals surface area contributed by atoms with Gasteiger partial charge in [0.15, 0.2) is 0 Å². The summed E-state index contributed by atoms with van der Waals surface area (Å²) in [4.78, 5) is 2.34. The quantitative estimate of drug-likeness (QED) is 0.774. The predicted octanol–water partition coefficient (Wildman–Crippen LogP) is 2.62. The normalized spacial score (nSPS) is 12.3. The first-order valence-electron chi connectivity index (χ1n) is 6.17. The predicted molar refractivity (Wildman–Crippen MR) is 67.2 cm³/mol. The third-order valence-electron chi connectivity index (χ3n) is 3.35. The highest BCUT2D eigenvalue weighted by Gasteiger charge is 2.23. The van der Waals surface area contributed by atoms with Crippen molar-refractivity contribution in [3.8, 4) is 0 Å². The van der Waals surface area contributed by atoms with Crippen molar-refractivity contribution in [3.05, 3.63) is 24.2 Å². The van der Waals surface area contributed by atoms with E-state index >= 15 is 0 Å². The molecule has 0 amide bonds. The standard InChI is InChI=1S/C13H24N2O/c1-4-13(14,5-2)11-15(6-3)10-12-8-7-9-16-12/h7-9H,4-6,10-11,14H2,1-3H3. The molecule has 0 bridgehead atoms. The maximum atomic E-state index is 6.33. The third kappa shape index (κ3) is 3.65. The number of nitrogens with zero attached hydrogens (tertiary/aromatic N) is 1. The van der Waals surface area contributed by atoms with Crippen molar-refractivity contribution < 1.29 is 4.42 Å². The summed E-state index contributed by atoms with van der Waals surface area (Å²) in [5.74, 6) is 1.01. The zero-order chi connectivity index (χ0) is 12.0. The highest BCUT2D eigenvalue weighted by molar-refractivity contribution is 4.98. The zero-order valence-electron chi connectivity index (χ0n) is 10.7. The Bertz CT molecular complexity index is 278. The summed E-state index contributed by atoms with van der Waals surface area (Å²) >= 11 is 0. The van der Waals surface area contributed by atoms with E-state index in [0.29, 0.717) is 0 Å². The molecule has 0 unspecified atom stereocenters. The van der Waals surface area contributed by atoms with Gasteiger partial charge in [0, 0.05) is 12.1 Å². The first kappa shape index (κ1) is 13.3. The van der Waals surface area contributed by atoms with Gasteiger partial charge in [0.25, 0.3) is 0 Å². The Morgan fingerprint density at radius 2 is 2.00 bits per heavy atom. The summed E-state index contributed by atoms with van der Waals surface area (Å²) in [7, 11) is 0. The van der Waals surface area contributed by atoms with Crippen LogP contribution in [-0.2, 0) is 6.54 Å². The van der Waals surface area contributed by atoms with Gasteiger partial charge in [-0.1, -0.05) is 20.8 Å². The van der Waals surface area contributed by atoms with Crippen LogP contribution in [0, 0.1) is 0 Å². The second-order valence-corrected chi connectivity index (χ2v) is 4.45. The minimum atomic E-state index is -0.0669. The Morgan fingerprint density at radius 3 is 2.44 bits per heavy atom. The van der Waals surface area contributed by atoms with Crippen molar-refractivity contribution in [2.24, 2.45) is 5.73 Å². The Hall–Kier alpha value is -0.800. The number of nitrogens with two attached hydrogens (primary N) is 1. The highest BCUT2D eigenvalue weighted by Crippen LogP contribution is 2.15. The Balaban J connectivity index is 2.55. The van der Waals surface area contributed by atoms with Gasteiger partial charge < -0.3 is 10.2 Å². The lowest BCUT2D eigenvalue weighted by Crippen LogP contribution is -2.49. The van der Waals surface area contributed by atoms with E-state index < -0.39 is 0 Å². The first-order chi connectivity index (χ1) is 7.63. The van der Waals surface area contributed by atoms with Crippen LogP contribution in [0.5, 0.6) is 0 Å². The van der Waals surface area contributed by atoms with Crippen molar-refractivity contribution in [2.45, 2.75) is 45.7 Å². The van der Waals surface area contributed by atoms with Crippen LogP contribution >= 0.6 is 0 Å². The van der Waals surface area contributed by atoms with E-state index in [4.69, 9.17) is 10.2 Å². The van der Waals surface area contributed by atoms with Crippen LogP contribution < -0.4 is 5.73 Å². The maximum Gasteiger partial charge on any atom is 0.117 e. The van der Waals surface area contributed by atoms with Crippen LogP contribution in [0.1, 0.15) is 39.4 Å². The van der Waals surface area contributed by atoms with Crippen molar-refractivity contribution in [1.29, 1.82) is 0 Å². The number of likely N-dealkylation sites (N-methyl/N-ethyl adjacent to an activating group) is 1. The molecule has 0 atom stereocenters. The van der Waals surface area contributed by atoms with Gasteiger partial charge in [-0.25, -0.2) is 0 Å². The molecule has 0 saturated carbocycles. The lowest BCUT2D eigenvalue weighted by Gasteiger charge is -2.33. The second kappa shape index (κ2) is 6.06. The molecule has 1 rings (SSSR count). The van der Waals surface area contributed by atoms with Crippen LogP contribution in [0.3, 0.4) is 0 Å². The molecule has 0 aliphatic carbocycles. The van der Waals surface area contributed by atoms with Gasteiger partial charge in [0.2, 0.25) is 0 Å². The first-order valence-corrected chi connectivity index (χ1v) is 6.17. The maximum absolute atomic E-state index is 6.33. The molecule has 0 saturated heterocycles. The molecular weight excluding hydrogens is 200 g/mol. The fourth-order valence-electron chi connectivity index (χ4n) is 1.82. The summed E-state index contributed by atoms with van der Waals surface area (Å²) in [5.41, 5.74) is 6.26. The molecule has 2 N–H and O–H groups in total. The van der Waals surface area contributed by atoms with E-state index in [0.717, 1.165) is 38.2 Å². The van der Waals surface area contributed by atoms with Gasteiger partial charge in [-0.2, -0.15) is 0 Å². The lowest BCUT2D eigenvalue weighted by atomic mass is 9.93. The van der Waals surface area contributed by atoms with E-state index in [1.807, 2.05) is 12.1 Å². The van der Waals surface area contributed by atoms with Crippen LogP contribution in [0.15, 0.2) is 22.8 Å². The molecule has 16 heavy (non-hydrogen) atoms. The molecule has 3 nitrogen and oxygen atoms in total. The smallest absolute Gasteiger partial charge is 0.117 e. The molecule has 0 aromatic carbocycles. The van der Waals surface area contributed by atoms with Crippen LogP contribution in [-0.4, -0.2) is 23.5 Å². The van der Waals surface area contributed by atoms with Gasteiger partial charge in [-0.15, -0.1) is 0 Å². The molecule has 0 aliphatic rings. The van der Waals surface area contributed by atoms with Gasteiger partial charge >= 0.3 is 0 Å². The summed E-state index contributed by atoms with van der Waals surface area (Å²) in [6.45, 7) is 9.25. The second-order valence-electron chi connectivity index (χ2n) is 4.45. The topological polar surface area (TPSA) is 42.4 Å². The summed E-state index contributed by atoms with van der Waals surface area (Å²) in [6, 6.07) is 3.94. The Labute approximate surface area is 98.6 Å². The van der Waals surface area contributed by atoms with Crippen LogP contribution in [0.25, 0.3) is 0 Å². The highest BCUT2D eigenvalue weighted by atomic mass is 16.3. The van der Waals surface area contributed by atoms with Crippen molar-refractivity contribution in [2.75, 3.05) is 13.1 Å². The zero-order valence-corrected chi connectivity index (χ0v) is 10.7. The Morgan fingerprint density at radius 1 is 1.31 bits per heavy atom. The van der Waals surface area contributed by atoms with Crippen molar-refractivity contribution >= 4 is 0 Å². The van der Waals surface area contributed by atoms with Gasteiger partial charge in [0.05, 0.1) is 12.8 Å². The third-order valence-corrected chi connectivity index (χ3v) is 3.35. The minimum Gasteiger partial charge on any atom is -0.468 e. The average molecular weight is 224 g/mol. The van der Waals surface area contributed by atoms with Crippen LogP contribution in [0.2, 0.25) is 0 Å².